The van der Waals surface area contributed by atoms with Crippen molar-refractivity contribution in [2.45, 2.75) is 220 Å². The fourth-order valence-corrected chi connectivity index (χ4v) is 6.99. The van der Waals surface area contributed by atoms with Crippen LogP contribution in [0, 0.1) is 0 Å². The van der Waals surface area contributed by atoms with Crippen LogP contribution in [0.1, 0.15) is 214 Å². The van der Waals surface area contributed by atoms with Crippen LogP contribution in [0.15, 0.2) is 36.5 Å². The molecule has 1 aromatic rings. The topological polar surface area (TPSA) is 3.24 Å². The van der Waals surface area contributed by atoms with E-state index in [2.05, 4.69) is 89.1 Å². The average molecular weight is 596 g/mol. The van der Waals surface area contributed by atoms with Crippen LogP contribution in [0.5, 0.6) is 0 Å². The standard InChI is InChI=1S/C42H77N/c1-7-9-11-13-15-17-19-21-23-25-27-32-37-41(3,4)43(39-36-40-34-30-29-31-35-40)42(5,6)38-33-28-26-24-22-20-18-16-14-12-10-8-2/h29-31,34-36,39H,7-28,32-33,37-38H2,1-6H3/b39-36+. The van der Waals surface area contributed by atoms with Crippen molar-refractivity contribution in [3.05, 3.63) is 42.1 Å². The predicted octanol–water partition coefficient (Wildman–Crippen LogP) is 14.7. The molecule has 0 saturated carbocycles. The highest BCUT2D eigenvalue weighted by atomic mass is 15.2. The second-order valence-corrected chi connectivity index (χ2v) is 15.0. The summed E-state index contributed by atoms with van der Waals surface area (Å²) in [4.78, 5) is 2.73. The molecule has 0 amide bonds. The summed E-state index contributed by atoms with van der Waals surface area (Å²) in [6, 6.07) is 10.9. The first kappa shape index (κ1) is 39.8. The quantitative estimate of drug-likeness (QED) is 0.0799. The lowest BCUT2D eigenvalue weighted by Gasteiger charge is -2.49. The largest absolute Gasteiger partial charge is 0.367 e. The maximum Gasteiger partial charge on any atom is 0.0346 e. The molecular formula is C42H77N. The Morgan fingerprint density at radius 2 is 0.744 bits per heavy atom. The molecule has 1 aromatic carbocycles. The highest BCUT2D eigenvalue weighted by Crippen LogP contribution is 2.34. The number of unbranched alkanes of at least 4 members (excludes halogenated alkanes) is 22. The molecule has 0 aromatic heterocycles. The fraction of sp³-hybridized carbons (Fsp3) is 0.810. The minimum absolute atomic E-state index is 0.157. The van der Waals surface area contributed by atoms with Crippen LogP contribution in [0.25, 0.3) is 6.08 Å². The van der Waals surface area contributed by atoms with E-state index in [9.17, 15) is 0 Å². The van der Waals surface area contributed by atoms with E-state index in [1.54, 1.807) is 0 Å². The Hall–Kier alpha value is -1.24. The van der Waals surface area contributed by atoms with Crippen molar-refractivity contribution < 1.29 is 0 Å². The van der Waals surface area contributed by atoms with Crippen LogP contribution in [0.3, 0.4) is 0 Å². The van der Waals surface area contributed by atoms with Gasteiger partial charge in [-0.1, -0.05) is 198 Å². The Labute approximate surface area is 272 Å². The Kier molecular flexibility index (Phi) is 24.1. The summed E-state index contributed by atoms with van der Waals surface area (Å²) in [6.07, 6.45) is 41.4. The summed E-state index contributed by atoms with van der Waals surface area (Å²) in [5.74, 6) is 0. The average Bonchev–Trinajstić information content (AvgIpc) is 2.98. The maximum atomic E-state index is 2.73. The van der Waals surface area contributed by atoms with Crippen LogP contribution in [0.4, 0.5) is 0 Å². The van der Waals surface area contributed by atoms with E-state index >= 15 is 0 Å². The van der Waals surface area contributed by atoms with E-state index in [1.165, 1.54) is 173 Å². The molecular weight excluding hydrogens is 518 g/mol. The molecule has 0 fully saturated rings. The van der Waals surface area contributed by atoms with Gasteiger partial charge in [0.1, 0.15) is 0 Å². The molecule has 1 heteroatoms. The van der Waals surface area contributed by atoms with Crippen molar-refractivity contribution in [3.8, 4) is 0 Å². The summed E-state index contributed by atoms with van der Waals surface area (Å²) in [5.41, 5.74) is 1.62. The van der Waals surface area contributed by atoms with Crippen LogP contribution >= 0.6 is 0 Å². The molecule has 0 atom stereocenters. The van der Waals surface area contributed by atoms with Crippen molar-refractivity contribution in [1.29, 1.82) is 0 Å². The molecule has 0 heterocycles. The Bertz CT molecular complexity index is 705. The number of benzene rings is 1. The summed E-state index contributed by atoms with van der Waals surface area (Å²) >= 11 is 0. The molecule has 0 N–H and O–H groups in total. The summed E-state index contributed by atoms with van der Waals surface area (Å²) in [7, 11) is 0. The zero-order chi connectivity index (χ0) is 31.5. The molecule has 0 aliphatic rings. The molecule has 0 radical (unpaired) electrons. The van der Waals surface area contributed by atoms with Crippen LogP contribution in [-0.2, 0) is 0 Å². The van der Waals surface area contributed by atoms with Gasteiger partial charge in [0, 0.05) is 17.3 Å². The summed E-state index contributed by atoms with van der Waals surface area (Å²) < 4.78 is 0. The van der Waals surface area contributed by atoms with Crippen molar-refractivity contribution in [2.75, 3.05) is 0 Å². The van der Waals surface area contributed by atoms with Crippen LogP contribution in [0.2, 0.25) is 0 Å². The molecule has 0 spiro atoms. The van der Waals surface area contributed by atoms with E-state index in [-0.39, 0.29) is 11.1 Å². The lowest BCUT2D eigenvalue weighted by Crippen LogP contribution is -2.52. The Balaban J connectivity index is 2.44. The lowest BCUT2D eigenvalue weighted by atomic mass is 9.86. The van der Waals surface area contributed by atoms with Crippen molar-refractivity contribution in [1.82, 2.24) is 4.90 Å². The summed E-state index contributed by atoms with van der Waals surface area (Å²) in [6.45, 7) is 14.6. The molecule has 250 valence electrons. The first-order valence-electron chi connectivity index (χ1n) is 19.4. The molecule has 0 aliphatic heterocycles. The fourth-order valence-electron chi connectivity index (χ4n) is 6.99. The minimum atomic E-state index is 0.157. The van der Waals surface area contributed by atoms with E-state index in [4.69, 9.17) is 0 Å². The SMILES string of the molecule is CCCCCCCCCCCCCCC(C)(C)N(/C=C/c1ccccc1)C(C)(C)CCCCCCCCCCCCCC. The number of hydrogen-bond acceptors (Lipinski definition) is 1. The van der Waals surface area contributed by atoms with Crippen LogP contribution in [-0.4, -0.2) is 16.0 Å². The predicted molar refractivity (Wildman–Crippen MR) is 197 cm³/mol. The van der Waals surface area contributed by atoms with E-state index in [0.717, 1.165) is 0 Å². The second kappa shape index (κ2) is 26.0. The van der Waals surface area contributed by atoms with E-state index < -0.39 is 0 Å². The number of hydrogen-bond donors (Lipinski definition) is 0. The first-order valence-corrected chi connectivity index (χ1v) is 19.4. The normalized spacial score (nSPS) is 12.4. The molecule has 43 heavy (non-hydrogen) atoms. The number of rotatable bonds is 30. The van der Waals surface area contributed by atoms with Gasteiger partial charge < -0.3 is 4.90 Å². The first-order chi connectivity index (χ1) is 20.8. The lowest BCUT2D eigenvalue weighted by molar-refractivity contribution is 0.0540. The van der Waals surface area contributed by atoms with Gasteiger partial charge in [0.2, 0.25) is 0 Å². The van der Waals surface area contributed by atoms with Gasteiger partial charge in [0.25, 0.3) is 0 Å². The highest BCUT2D eigenvalue weighted by Gasteiger charge is 2.34. The van der Waals surface area contributed by atoms with Gasteiger partial charge in [0.05, 0.1) is 0 Å². The monoisotopic (exact) mass is 596 g/mol. The van der Waals surface area contributed by atoms with Gasteiger partial charge in [-0.3, -0.25) is 0 Å². The third kappa shape index (κ3) is 21.2. The minimum Gasteiger partial charge on any atom is -0.367 e. The van der Waals surface area contributed by atoms with Gasteiger partial charge >= 0.3 is 0 Å². The molecule has 0 saturated heterocycles. The van der Waals surface area contributed by atoms with Gasteiger partial charge in [-0.05, 0) is 52.2 Å². The third-order valence-electron chi connectivity index (χ3n) is 9.80. The van der Waals surface area contributed by atoms with Crippen molar-refractivity contribution >= 4 is 6.08 Å². The van der Waals surface area contributed by atoms with Gasteiger partial charge in [-0.2, -0.15) is 0 Å². The van der Waals surface area contributed by atoms with E-state index in [1.807, 2.05) is 0 Å². The van der Waals surface area contributed by atoms with Crippen molar-refractivity contribution in [2.24, 2.45) is 0 Å². The molecule has 1 nitrogen and oxygen atoms in total. The third-order valence-corrected chi connectivity index (χ3v) is 9.80. The summed E-state index contributed by atoms with van der Waals surface area (Å²) in [5, 5.41) is 0. The molecule has 1 rings (SSSR count). The Morgan fingerprint density at radius 1 is 0.442 bits per heavy atom. The second-order valence-electron chi connectivity index (χ2n) is 15.0. The smallest absolute Gasteiger partial charge is 0.0346 e. The van der Waals surface area contributed by atoms with Crippen LogP contribution < -0.4 is 0 Å². The Morgan fingerprint density at radius 3 is 1.07 bits per heavy atom. The maximum absolute atomic E-state index is 2.73. The molecule has 0 bridgehead atoms. The molecule has 0 aliphatic carbocycles. The zero-order valence-corrected chi connectivity index (χ0v) is 30.4. The number of nitrogens with zero attached hydrogens (tertiary/aromatic N) is 1. The molecule has 0 unspecified atom stereocenters. The van der Waals surface area contributed by atoms with Gasteiger partial charge in [-0.25, -0.2) is 0 Å². The van der Waals surface area contributed by atoms with Gasteiger partial charge in [-0.15, -0.1) is 0 Å². The van der Waals surface area contributed by atoms with E-state index in [0.29, 0.717) is 0 Å². The zero-order valence-electron chi connectivity index (χ0n) is 30.4. The highest BCUT2D eigenvalue weighted by molar-refractivity contribution is 5.48. The van der Waals surface area contributed by atoms with Crippen molar-refractivity contribution in [3.63, 3.8) is 0 Å². The van der Waals surface area contributed by atoms with Gasteiger partial charge in [0.15, 0.2) is 0 Å².